The molecule has 0 atom stereocenters. The lowest BCUT2D eigenvalue weighted by molar-refractivity contribution is -0.136. The fourth-order valence-corrected chi connectivity index (χ4v) is 7.71. The van der Waals surface area contributed by atoms with Gasteiger partial charge in [-0.15, -0.1) is 0 Å². The number of hydrogen-bond donors (Lipinski definition) is 0. The second-order valence-electron chi connectivity index (χ2n) is 7.05. The summed E-state index contributed by atoms with van der Waals surface area (Å²) in [6.07, 6.45) is 0. The van der Waals surface area contributed by atoms with E-state index in [9.17, 15) is 4.79 Å². The maximum Gasteiger partial charge on any atom is 0.335 e. The van der Waals surface area contributed by atoms with E-state index in [0.29, 0.717) is 5.57 Å². The first-order valence-electron chi connectivity index (χ1n) is 8.34. The summed E-state index contributed by atoms with van der Waals surface area (Å²) in [5.74, 6) is -0.432. The number of methoxy groups -OCH3 is 1. The Morgan fingerprint density at radius 1 is 0.960 bits per heavy atom. The first-order chi connectivity index (χ1) is 11.8. The Bertz CT molecular complexity index is 678. The average molecular weight is 355 g/mol. The summed E-state index contributed by atoms with van der Waals surface area (Å²) < 4.78 is 11.4. The van der Waals surface area contributed by atoms with Crippen molar-refractivity contribution in [3.05, 3.63) is 72.8 Å². The lowest BCUT2D eigenvalue weighted by atomic mass is 10.2. The normalized spacial score (nSPS) is 11.8. The minimum absolute atomic E-state index is 0.133. The van der Waals surface area contributed by atoms with Crippen molar-refractivity contribution in [1.82, 2.24) is 0 Å². The number of ether oxygens (including phenoxy) is 1. The highest BCUT2D eigenvalue weighted by Gasteiger charge is 2.50. The van der Waals surface area contributed by atoms with Crippen LogP contribution in [0.5, 0.6) is 0 Å². The SMILES string of the molecule is C=C(CO[Si](c1ccccc1)(c1ccccc1)C(C)(C)C)C(=O)OC. The van der Waals surface area contributed by atoms with Crippen LogP contribution in [0.1, 0.15) is 20.8 Å². The van der Waals surface area contributed by atoms with Gasteiger partial charge in [-0.2, -0.15) is 0 Å². The quantitative estimate of drug-likeness (QED) is 0.454. The number of carbonyl (C=O) groups excluding carboxylic acids is 1. The first-order valence-corrected chi connectivity index (χ1v) is 10.2. The van der Waals surface area contributed by atoms with Crippen molar-refractivity contribution in [3.8, 4) is 0 Å². The first kappa shape index (κ1) is 19.2. The van der Waals surface area contributed by atoms with Gasteiger partial charge >= 0.3 is 5.97 Å². The van der Waals surface area contributed by atoms with Gasteiger partial charge in [0, 0.05) is 0 Å². The highest BCUT2D eigenvalue weighted by Crippen LogP contribution is 2.36. The smallest absolute Gasteiger partial charge is 0.335 e. The summed E-state index contributed by atoms with van der Waals surface area (Å²) in [5, 5.41) is 2.21. The highest BCUT2D eigenvalue weighted by atomic mass is 28.4. The maximum absolute atomic E-state index is 11.8. The van der Waals surface area contributed by atoms with E-state index in [-0.39, 0.29) is 11.6 Å². The molecule has 0 aliphatic carbocycles. The Kier molecular flexibility index (Phi) is 5.98. The summed E-state index contributed by atoms with van der Waals surface area (Å²) in [6.45, 7) is 10.6. The van der Waals surface area contributed by atoms with Gasteiger partial charge in [-0.25, -0.2) is 4.79 Å². The molecule has 2 rings (SSSR count). The maximum atomic E-state index is 11.8. The molecule has 0 aliphatic rings. The van der Waals surface area contributed by atoms with Crippen LogP contribution in [-0.4, -0.2) is 28.0 Å². The van der Waals surface area contributed by atoms with Crippen molar-refractivity contribution < 1.29 is 14.0 Å². The predicted octanol–water partition coefficient (Wildman–Crippen LogP) is 3.29. The highest BCUT2D eigenvalue weighted by molar-refractivity contribution is 6.99. The van der Waals surface area contributed by atoms with Crippen molar-refractivity contribution >= 4 is 24.7 Å². The number of rotatable bonds is 6. The molecule has 2 aromatic rings. The third kappa shape index (κ3) is 3.91. The standard InChI is InChI=1S/C21H26O3Si/c1-17(20(22)23-5)16-24-25(21(2,3)4,18-12-8-6-9-13-18)19-14-10-7-11-15-19/h6-15H,1,16H2,2-5H3. The molecular formula is C21H26O3Si. The van der Waals surface area contributed by atoms with Crippen LogP contribution in [0.2, 0.25) is 5.04 Å². The van der Waals surface area contributed by atoms with E-state index in [2.05, 4.69) is 51.6 Å². The van der Waals surface area contributed by atoms with Gasteiger partial charge in [0.1, 0.15) is 0 Å². The van der Waals surface area contributed by atoms with Gasteiger partial charge in [0.05, 0.1) is 19.3 Å². The van der Waals surface area contributed by atoms with Gasteiger partial charge in [-0.3, -0.25) is 0 Å². The summed E-state index contributed by atoms with van der Waals surface area (Å²) >= 11 is 0. The summed E-state index contributed by atoms with van der Waals surface area (Å²) in [6, 6.07) is 20.6. The molecule has 0 N–H and O–H groups in total. The Morgan fingerprint density at radius 2 is 1.40 bits per heavy atom. The molecule has 4 heteroatoms. The molecule has 25 heavy (non-hydrogen) atoms. The van der Waals surface area contributed by atoms with Crippen molar-refractivity contribution in [2.24, 2.45) is 0 Å². The van der Waals surface area contributed by atoms with Gasteiger partial charge < -0.3 is 9.16 Å². The molecule has 0 spiro atoms. The van der Waals surface area contributed by atoms with E-state index < -0.39 is 14.3 Å². The van der Waals surface area contributed by atoms with E-state index in [0.717, 1.165) is 0 Å². The van der Waals surface area contributed by atoms with Gasteiger partial charge in [-0.1, -0.05) is 88.0 Å². The number of carbonyl (C=O) groups is 1. The van der Waals surface area contributed by atoms with Crippen molar-refractivity contribution in [2.75, 3.05) is 13.7 Å². The fourth-order valence-electron chi connectivity index (χ4n) is 3.16. The van der Waals surface area contributed by atoms with Crippen LogP contribution in [0, 0.1) is 0 Å². The molecule has 0 unspecified atom stereocenters. The monoisotopic (exact) mass is 354 g/mol. The number of esters is 1. The molecular weight excluding hydrogens is 328 g/mol. The van der Waals surface area contributed by atoms with E-state index in [4.69, 9.17) is 9.16 Å². The second kappa shape index (κ2) is 7.81. The van der Waals surface area contributed by atoms with Gasteiger partial charge in [0.25, 0.3) is 8.32 Å². The molecule has 0 radical (unpaired) electrons. The minimum atomic E-state index is -2.64. The minimum Gasteiger partial charge on any atom is -0.466 e. The average Bonchev–Trinajstić information content (AvgIpc) is 2.62. The molecule has 2 aromatic carbocycles. The van der Waals surface area contributed by atoms with Crippen LogP contribution in [0.15, 0.2) is 72.8 Å². The van der Waals surface area contributed by atoms with Crippen LogP contribution >= 0.6 is 0 Å². The van der Waals surface area contributed by atoms with Crippen LogP contribution in [-0.2, 0) is 14.0 Å². The number of hydrogen-bond acceptors (Lipinski definition) is 3. The van der Waals surface area contributed by atoms with Crippen LogP contribution in [0.4, 0.5) is 0 Å². The van der Waals surface area contributed by atoms with Crippen LogP contribution < -0.4 is 10.4 Å². The Morgan fingerprint density at radius 3 is 1.76 bits per heavy atom. The molecule has 3 nitrogen and oxygen atoms in total. The lowest BCUT2D eigenvalue weighted by Crippen LogP contribution is -2.66. The Hall–Kier alpha value is -2.17. The number of benzene rings is 2. The molecule has 0 bridgehead atoms. The summed E-state index contributed by atoms with van der Waals surface area (Å²) in [7, 11) is -1.28. The van der Waals surface area contributed by atoms with Crippen molar-refractivity contribution in [2.45, 2.75) is 25.8 Å². The lowest BCUT2D eigenvalue weighted by Gasteiger charge is -2.43. The zero-order valence-electron chi connectivity index (χ0n) is 15.4. The predicted molar refractivity (Wildman–Crippen MR) is 105 cm³/mol. The molecule has 0 aromatic heterocycles. The Labute approximate surface area is 151 Å². The molecule has 0 saturated heterocycles. The second-order valence-corrected chi connectivity index (χ2v) is 11.4. The third-order valence-corrected chi connectivity index (χ3v) is 9.34. The molecule has 0 aliphatic heterocycles. The fraction of sp³-hybridized carbons (Fsp3) is 0.286. The summed E-state index contributed by atoms with van der Waals surface area (Å²) in [4.78, 5) is 11.8. The third-order valence-electron chi connectivity index (χ3n) is 4.35. The van der Waals surface area contributed by atoms with E-state index in [1.165, 1.54) is 17.5 Å². The van der Waals surface area contributed by atoms with Gasteiger partial charge in [-0.05, 0) is 15.4 Å². The van der Waals surface area contributed by atoms with Crippen molar-refractivity contribution in [1.29, 1.82) is 0 Å². The Balaban J connectivity index is 2.57. The van der Waals surface area contributed by atoms with Crippen molar-refractivity contribution in [3.63, 3.8) is 0 Å². The van der Waals surface area contributed by atoms with E-state index in [1.54, 1.807) is 0 Å². The molecule has 0 amide bonds. The van der Waals surface area contributed by atoms with Gasteiger partial charge in [0.15, 0.2) is 0 Å². The molecule has 0 fully saturated rings. The molecule has 0 heterocycles. The van der Waals surface area contributed by atoms with Crippen LogP contribution in [0.3, 0.4) is 0 Å². The topological polar surface area (TPSA) is 35.5 Å². The molecule has 132 valence electrons. The molecule has 0 saturated carbocycles. The summed E-state index contributed by atoms with van der Waals surface area (Å²) in [5.41, 5.74) is 0.329. The van der Waals surface area contributed by atoms with Crippen LogP contribution in [0.25, 0.3) is 0 Å². The van der Waals surface area contributed by atoms with E-state index >= 15 is 0 Å². The van der Waals surface area contributed by atoms with E-state index in [1.807, 2.05) is 36.4 Å². The van der Waals surface area contributed by atoms with Gasteiger partial charge in [0.2, 0.25) is 0 Å². The largest absolute Gasteiger partial charge is 0.466 e. The zero-order valence-corrected chi connectivity index (χ0v) is 16.4. The zero-order chi connectivity index (χ0) is 18.5.